The van der Waals surface area contributed by atoms with Crippen LogP contribution >= 0.6 is 0 Å². The number of urea groups is 1. The van der Waals surface area contributed by atoms with E-state index in [9.17, 15) is 14.0 Å². The summed E-state index contributed by atoms with van der Waals surface area (Å²) in [5.74, 6) is -1.31. The number of carbonyl (C=O) groups is 2. The molecule has 1 atom stereocenters. The number of anilines is 1. The summed E-state index contributed by atoms with van der Waals surface area (Å²) < 4.78 is 19.5. The van der Waals surface area contributed by atoms with Gasteiger partial charge in [0.1, 0.15) is 5.82 Å². The Bertz CT molecular complexity index is 604. The molecule has 22 heavy (non-hydrogen) atoms. The molecule has 1 heterocycles. The predicted octanol–water partition coefficient (Wildman–Crippen LogP) is 1.96. The highest BCUT2D eigenvalue weighted by molar-refractivity contribution is 5.96. The first-order valence-corrected chi connectivity index (χ1v) is 7.01. The minimum Gasteiger partial charge on any atom is -0.369 e. The maximum absolute atomic E-state index is 13.8. The average molecular weight is 309 g/mol. The van der Waals surface area contributed by atoms with Crippen molar-refractivity contribution in [3.05, 3.63) is 29.6 Å². The fourth-order valence-corrected chi connectivity index (χ4v) is 2.58. The molecule has 1 saturated heterocycles. The monoisotopic (exact) mass is 309 g/mol. The second-order valence-electron chi connectivity index (χ2n) is 6.06. The molecule has 1 aromatic rings. The first-order valence-electron chi connectivity index (χ1n) is 7.01. The molecule has 3 amide bonds. The third-order valence-electron chi connectivity index (χ3n) is 3.35. The highest BCUT2D eigenvalue weighted by atomic mass is 19.1. The van der Waals surface area contributed by atoms with E-state index in [0.29, 0.717) is 13.1 Å². The van der Waals surface area contributed by atoms with E-state index in [-0.39, 0.29) is 17.4 Å². The van der Waals surface area contributed by atoms with E-state index < -0.39 is 23.4 Å². The topological polar surface area (TPSA) is 84.7 Å². The number of hydrogen-bond donors (Lipinski definition) is 2. The van der Waals surface area contributed by atoms with E-state index in [0.717, 1.165) is 6.07 Å². The van der Waals surface area contributed by atoms with Crippen LogP contribution in [0.1, 0.15) is 31.1 Å². The number of nitrogens with two attached hydrogens (primary N) is 1. The molecule has 2 rings (SSSR count). The summed E-state index contributed by atoms with van der Waals surface area (Å²) >= 11 is 0. The Morgan fingerprint density at radius 3 is 2.73 bits per heavy atom. The molecule has 0 aliphatic carbocycles. The molecule has 0 spiro atoms. The Kier molecular flexibility index (Phi) is 4.37. The van der Waals surface area contributed by atoms with Crippen molar-refractivity contribution in [2.75, 3.05) is 18.4 Å². The molecule has 1 fully saturated rings. The zero-order chi connectivity index (χ0) is 16.5. The van der Waals surface area contributed by atoms with E-state index in [1.54, 1.807) is 4.90 Å². The van der Waals surface area contributed by atoms with Gasteiger partial charge < -0.3 is 20.7 Å². The van der Waals surface area contributed by atoms with Crippen LogP contribution < -0.4 is 11.1 Å². The first kappa shape index (κ1) is 16.2. The second-order valence-corrected chi connectivity index (χ2v) is 6.06. The van der Waals surface area contributed by atoms with Crippen LogP contribution in [0.3, 0.4) is 0 Å². The Labute approximate surface area is 128 Å². The number of nitrogens with one attached hydrogen (secondary N) is 1. The lowest BCUT2D eigenvalue weighted by molar-refractivity contribution is -0.116. The van der Waals surface area contributed by atoms with Crippen LogP contribution in [0.4, 0.5) is 14.9 Å². The van der Waals surface area contributed by atoms with Crippen molar-refractivity contribution < 1.29 is 18.7 Å². The van der Waals surface area contributed by atoms with Gasteiger partial charge in [-0.15, -0.1) is 0 Å². The highest BCUT2D eigenvalue weighted by Gasteiger charge is 2.33. The number of carbonyl (C=O) groups excluding carboxylic acids is 2. The normalized spacial score (nSPS) is 20.5. The summed E-state index contributed by atoms with van der Waals surface area (Å²) in [7, 11) is 0. The number of ether oxygens (including phenoxy) is 1. The molecule has 1 aliphatic heterocycles. The summed E-state index contributed by atoms with van der Waals surface area (Å²) in [6.45, 7) is 6.44. The summed E-state index contributed by atoms with van der Waals surface area (Å²) in [5.41, 5.74) is 4.75. The Morgan fingerprint density at radius 2 is 2.14 bits per heavy atom. The lowest BCUT2D eigenvalue weighted by Crippen LogP contribution is -2.54. The second kappa shape index (κ2) is 5.92. The van der Waals surface area contributed by atoms with Crippen molar-refractivity contribution in [2.45, 2.75) is 32.5 Å². The minimum absolute atomic E-state index is 0.0711. The highest BCUT2D eigenvalue weighted by Crippen LogP contribution is 2.22. The zero-order valence-electron chi connectivity index (χ0n) is 12.9. The van der Waals surface area contributed by atoms with Gasteiger partial charge in [-0.3, -0.25) is 4.79 Å². The summed E-state index contributed by atoms with van der Waals surface area (Å²) in [5, 5.41) is 2.48. The van der Waals surface area contributed by atoms with Crippen LogP contribution in [0.5, 0.6) is 0 Å². The van der Waals surface area contributed by atoms with E-state index >= 15 is 0 Å². The van der Waals surface area contributed by atoms with Crippen molar-refractivity contribution in [1.82, 2.24) is 4.90 Å². The lowest BCUT2D eigenvalue weighted by atomic mass is 10.1. The number of morpholine rings is 1. The molecule has 0 unspecified atom stereocenters. The van der Waals surface area contributed by atoms with Crippen LogP contribution in [-0.2, 0) is 4.74 Å². The van der Waals surface area contributed by atoms with E-state index in [4.69, 9.17) is 10.5 Å². The maximum Gasteiger partial charge on any atom is 0.322 e. The van der Waals surface area contributed by atoms with Gasteiger partial charge in [0, 0.05) is 12.1 Å². The first-order chi connectivity index (χ1) is 10.2. The fraction of sp³-hybridized carbons (Fsp3) is 0.467. The van der Waals surface area contributed by atoms with Crippen LogP contribution in [0.2, 0.25) is 0 Å². The Morgan fingerprint density at radius 1 is 1.45 bits per heavy atom. The van der Waals surface area contributed by atoms with E-state index in [2.05, 4.69) is 5.32 Å². The van der Waals surface area contributed by atoms with Crippen molar-refractivity contribution in [3.63, 3.8) is 0 Å². The van der Waals surface area contributed by atoms with Gasteiger partial charge in [0.15, 0.2) is 0 Å². The fourth-order valence-electron chi connectivity index (χ4n) is 2.58. The minimum atomic E-state index is -0.684. The summed E-state index contributed by atoms with van der Waals surface area (Å²) in [6, 6.07) is 3.16. The Hall–Kier alpha value is -2.15. The molecule has 3 N–H and O–H groups in total. The summed E-state index contributed by atoms with van der Waals surface area (Å²) in [6.07, 6.45) is -0.115. The van der Waals surface area contributed by atoms with Gasteiger partial charge in [-0.2, -0.15) is 0 Å². The smallest absolute Gasteiger partial charge is 0.322 e. The molecule has 0 radical (unpaired) electrons. The summed E-state index contributed by atoms with van der Waals surface area (Å²) in [4.78, 5) is 25.0. The molecule has 120 valence electrons. The van der Waals surface area contributed by atoms with Gasteiger partial charge in [-0.1, -0.05) is 0 Å². The molecular weight excluding hydrogens is 289 g/mol. The standard InChI is InChI=1S/C15H20FN3O3/c1-9-7-19(8-15(2,3)22-9)14(21)18-12-6-10(13(17)20)4-5-11(12)16/h4-6,9H,7-8H2,1-3H3,(H2,17,20)(H,18,21)/t9-/m1/s1. The predicted molar refractivity (Wildman–Crippen MR) is 80.1 cm³/mol. The lowest BCUT2D eigenvalue weighted by Gasteiger charge is -2.41. The van der Waals surface area contributed by atoms with Gasteiger partial charge in [0.05, 0.1) is 23.9 Å². The number of hydrogen-bond acceptors (Lipinski definition) is 3. The Balaban J connectivity index is 2.15. The third kappa shape index (κ3) is 3.73. The molecule has 6 nitrogen and oxygen atoms in total. The average Bonchev–Trinajstić information content (AvgIpc) is 2.38. The van der Waals surface area contributed by atoms with Crippen molar-refractivity contribution in [3.8, 4) is 0 Å². The van der Waals surface area contributed by atoms with Crippen LogP contribution in [0.15, 0.2) is 18.2 Å². The molecule has 0 bridgehead atoms. The van der Waals surface area contributed by atoms with Crippen LogP contribution in [-0.4, -0.2) is 41.6 Å². The molecule has 0 saturated carbocycles. The zero-order valence-corrected chi connectivity index (χ0v) is 12.9. The van der Waals surface area contributed by atoms with Gasteiger partial charge in [0.2, 0.25) is 5.91 Å². The largest absolute Gasteiger partial charge is 0.369 e. The number of halogens is 1. The molecule has 1 aliphatic rings. The van der Waals surface area contributed by atoms with Crippen molar-refractivity contribution >= 4 is 17.6 Å². The van der Waals surface area contributed by atoms with E-state index in [1.165, 1.54) is 12.1 Å². The van der Waals surface area contributed by atoms with Crippen LogP contribution in [0.25, 0.3) is 0 Å². The van der Waals surface area contributed by atoms with Gasteiger partial charge >= 0.3 is 6.03 Å². The van der Waals surface area contributed by atoms with Gasteiger partial charge in [0.25, 0.3) is 0 Å². The maximum atomic E-state index is 13.8. The van der Waals surface area contributed by atoms with Crippen LogP contribution in [0, 0.1) is 5.82 Å². The van der Waals surface area contributed by atoms with Crippen molar-refractivity contribution in [1.29, 1.82) is 0 Å². The number of amides is 3. The SMILES string of the molecule is C[C@@H]1CN(C(=O)Nc2cc(C(N)=O)ccc2F)CC(C)(C)O1. The molecule has 1 aromatic carbocycles. The van der Waals surface area contributed by atoms with E-state index in [1.807, 2.05) is 20.8 Å². The number of benzene rings is 1. The number of rotatable bonds is 2. The van der Waals surface area contributed by atoms with Gasteiger partial charge in [-0.25, -0.2) is 9.18 Å². The van der Waals surface area contributed by atoms with Gasteiger partial charge in [-0.05, 0) is 39.0 Å². The number of nitrogens with zero attached hydrogens (tertiary/aromatic N) is 1. The molecular formula is C15H20FN3O3. The number of primary amides is 1. The molecule has 0 aromatic heterocycles. The quantitative estimate of drug-likeness (QED) is 0.875. The third-order valence-corrected chi connectivity index (χ3v) is 3.35. The molecule has 7 heteroatoms. The van der Waals surface area contributed by atoms with Crippen molar-refractivity contribution in [2.24, 2.45) is 5.73 Å².